The molecular formula is C23H34N2O4S. The summed E-state index contributed by atoms with van der Waals surface area (Å²) in [6.45, 7) is 8.76. The van der Waals surface area contributed by atoms with Crippen LogP contribution in [0.2, 0.25) is 0 Å². The second-order valence-corrected chi connectivity index (χ2v) is 12.2. The summed E-state index contributed by atoms with van der Waals surface area (Å²) in [6.07, 6.45) is 3.27. The van der Waals surface area contributed by atoms with Crippen LogP contribution in [0.5, 0.6) is 0 Å². The second-order valence-electron chi connectivity index (χ2n) is 10.3. The van der Waals surface area contributed by atoms with Crippen LogP contribution in [0.3, 0.4) is 0 Å². The molecule has 1 amide bonds. The number of benzene rings is 1. The summed E-state index contributed by atoms with van der Waals surface area (Å²) in [5.41, 5.74) is 3.53. The molecule has 4 rings (SSSR count). The van der Waals surface area contributed by atoms with Gasteiger partial charge >= 0.3 is 0 Å². The van der Waals surface area contributed by atoms with Gasteiger partial charge in [-0.3, -0.25) is 9.63 Å². The van der Waals surface area contributed by atoms with E-state index in [2.05, 4.69) is 19.3 Å². The smallest absolute Gasteiger partial charge is 0.255 e. The molecule has 0 unspecified atom stereocenters. The molecular weight excluding hydrogens is 400 g/mol. The molecule has 1 saturated heterocycles. The van der Waals surface area contributed by atoms with Crippen LogP contribution < -0.4 is 5.48 Å². The lowest BCUT2D eigenvalue weighted by molar-refractivity contribution is -0.136. The summed E-state index contributed by atoms with van der Waals surface area (Å²) in [7, 11) is -3.63. The molecule has 2 aliphatic carbocycles. The van der Waals surface area contributed by atoms with Crippen molar-refractivity contribution in [2.24, 2.45) is 22.7 Å². The van der Waals surface area contributed by atoms with Gasteiger partial charge in [0.25, 0.3) is 5.91 Å². The third-order valence-electron chi connectivity index (χ3n) is 7.94. The average Bonchev–Trinajstić information content (AvgIpc) is 3.15. The molecule has 6 nitrogen and oxygen atoms in total. The Labute approximate surface area is 180 Å². The zero-order valence-electron chi connectivity index (χ0n) is 18.4. The van der Waals surface area contributed by atoms with Gasteiger partial charge in [0.1, 0.15) is 6.04 Å². The number of hydroxylamine groups is 1. The van der Waals surface area contributed by atoms with E-state index in [-0.39, 0.29) is 34.4 Å². The molecule has 4 atom stereocenters. The molecule has 1 aromatic carbocycles. The van der Waals surface area contributed by atoms with Crippen LogP contribution in [-0.2, 0) is 26.3 Å². The van der Waals surface area contributed by atoms with Crippen molar-refractivity contribution in [2.45, 2.75) is 72.1 Å². The second kappa shape index (κ2) is 7.61. The minimum absolute atomic E-state index is 0.0510. The number of amides is 1. The Morgan fingerprint density at radius 3 is 2.60 bits per heavy atom. The minimum Gasteiger partial charge on any atom is -0.296 e. The van der Waals surface area contributed by atoms with Gasteiger partial charge in [-0.1, -0.05) is 58.0 Å². The van der Waals surface area contributed by atoms with Crippen LogP contribution in [0.1, 0.15) is 58.9 Å². The fraction of sp³-hybridized carbons (Fsp3) is 0.696. The number of hydrogen-bond donors (Lipinski definition) is 1. The third-order valence-corrected chi connectivity index (χ3v) is 9.85. The van der Waals surface area contributed by atoms with E-state index in [4.69, 9.17) is 4.84 Å². The third kappa shape index (κ3) is 3.39. The van der Waals surface area contributed by atoms with Gasteiger partial charge in [-0.05, 0) is 48.5 Å². The molecule has 1 aliphatic heterocycles. The molecule has 7 heteroatoms. The molecule has 0 radical (unpaired) electrons. The van der Waals surface area contributed by atoms with Crippen LogP contribution in [0.4, 0.5) is 0 Å². The van der Waals surface area contributed by atoms with Gasteiger partial charge in [0, 0.05) is 5.41 Å². The van der Waals surface area contributed by atoms with Gasteiger partial charge in [-0.15, -0.1) is 0 Å². The lowest BCUT2D eigenvalue weighted by Crippen LogP contribution is -2.52. The van der Waals surface area contributed by atoms with E-state index in [0.29, 0.717) is 18.9 Å². The van der Waals surface area contributed by atoms with E-state index in [1.807, 2.05) is 44.2 Å². The first-order chi connectivity index (χ1) is 14.1. The van der Waals surface area contributed by atoms with Crippen LogP contribution in [-0.4, -0.2) is 36.5 Å². The maximum absolute atomic E-state index is 13.6. The van der Waals surface area contributed by atoms with Gasteiger partial charge < -0.3 is 0 Å². The zero-order valence-corrected chi connectivity index (χ0v) is 19.2. The van der Waals surface area contributed by atoms with Crippen molar-refractivity contribution in [2.75, 3.05) is 5.75 Å². The molecule has 2 saturated carbocycles. The summed E-state index contributed by atoms with van der Waals surface area (Å²) in [5.74, 6) is 0.447. The van der Waals surface area contributed by atoms with Crippen molar-refractivity contribution >= 4 is 15.9 Å². The van der Waals surface area contributed by atoms with E-state index >= 15 is 0 Å². The molecule has 3 aliphatic rings. The van der Waals surface area contributed by atoms with Crippen LogP contribution in [0, 0.1) is 22.7 Å². The van der Waals surface area contributed by atoms with Crippen LogP contribution in [0.25, 0.3) is 0 Å². The number of nitrogens with zero attached hydrogens (tertiary/aromatic N) is 1. The zero-order chi connectivity index (χ0) is 21.7. The van der Waals surface area contributed by atoms with Crippen molar-refractivity contribution in [1.29, 1.82) is 0 Å². The molecule has 1 N–H and O–H groups in total. The van der Waals surface area contributed by atoms with Gasteiger partial charge in [0.05, 0.1) is 18.4 Å². The molecule has 2 bridgehead atoms. The highest BCUT2D eigenvalue weighted by atomic mass is 32.2. The standard InChI is InChI=1S/C23H34N2O4S/c1-16(2)12-19(24-29-14-17-8-6-5-7-9-17)21(26)25-20-13-18-10-11-23(20,22(18,3)4)15-30(25,27)28/h5-9,16,18-20,24H,10-15H2,1-4H3/t18-,19-,20-,23-/m0/s1. The molecule has 1 aromatic rings. The van der Waals surface area contributed by atoms with Crippen LogP contribution >= 0.6 is 0 Å². The molecule has 1 spiro atoms. The Morgan fingerprint density at radius 1 is 1.27 bits per heavy atom. The Balaban J connectivity index is 1.54. The highest BCUT2D eigenvalue weighted by Crippen LogP contribution is 2.70. The topological polar surface area (TPSA) is 75.7 Å². The van der Waals surface area contributed by atoms with Crippen molar-refractivity contribution in [3.05, 3.63) is 35.9 Å². The normalized spacial score (nSPS) is 31.8. The lowest BCUT2D eigenvalue weighted by Gasteiger charge is -2.37. The Bertz CT molecular complexity index is 899. The molecule has 30 heavy (non-hydrogen) atoms. The van der Waals surface area contributed by atoms with Crippen molar-refractivity contribution in [1.82, 2.24) is 9.79 Å². The summed E-state index contributed by atoms with van der Waals surface area (Å²) >= 11 is 0. The van der Waals surface area contributed by atoms with E-state index in [0.717, 1.165) is 24.8 Å². The maximum Gasteiger partial charge on any atom is 0.255 e. The van der Waals surface area contributed by atoms with Crippen molar-refractivity contribution in [3.8, 4) is 0 Å². The van der Waals surface area contributed by atoms with E-state index in [1.165, 1.54) is 4.31 Å². The molecule has 3 fully saturated rings. The van der Waals surface area contributed by atoms with E-state index in [1.54, 1.807) is 0 Å². The average molecular weight is 435 g/mol. The number of sulfonamides is 1. The van der Waals surface area contributed by atoms with E-state index in [9.17, 15) is 13.2 Å². The van der Waals surface area contributed by atoms with Gasteiger partial charge in [-0.25, -0.2) is 12.7 Å². The van der Waals surface area contributed by atoms with Crippen LogP contribution in [0.15, 0.2) is 30.3 Å². The number of hydrogen-bond acceptors (Lipinski definition) is 5. The van der Waals surface area contributed by atoms with Crippen molar-refractivity contribution < 1.29 is 18.0 Å². The Morgan fingerprint density at radius 2 is 1.97 bits per heavy atom. The fourth-order valence-electron chi connectivity index (χ4n) is 6.20. The summed E-state index contributed by atoms with van der Waals surface area (Å²) in [5, 5.41) is 0. The number of rotatable bonds is 7. The SMILES string of the molecule is CC(C)C[C@H](NOCc1ccccc1)C(=O)N1[C@H]2C[C@@H]3CC[C@@]2(CS1(=O)=O)C3(C)C. The molecule has 166 valence electrons. The quantitative estimate of drug-likeness (QED) is 0.665. The first kappa shape index (κ1) is 21.8. The van der Waals surface area contributed by atoms with Gasteiger partial charge in [0.15, 0.2) is 0 Å². The van der Waals surface area contributed by atoms with Gasteiger partial charge in [0.2, 0.25) is 10.0 Å². The maximum atomic E-state index is 13.6. The van der Waals surface area contributed by atoms with Crippen molar-refractivity contribution in [3.63, 3.8) is 0 Å². The molecule has 0 aromatic heterocycles. The summed E-state index contributed by atoms with van der Waals surface area (Å²) in [6, 6.07) is 8.81. The number of carbonyl (C=O) groups is 1. The monoisotopic (exact) mass is 434 g/mol. The van der Waals surface area contributed by atoms with Gasteiger partial charge in [-0.2, -0.15) is 5.48 Å². The molecule has 1 heterocycles. The highest BCUT2D eigenvalue weighted by Gasteiger charge is 2.72. The predicted molar refractivity (Wildman–Crippen MR) is 116 cm³/mol. The first-order valence-corrected chi connectivity index (χ1v) is 12.7. The van der Waals surface area contributed by atoms with E-state index < -0.39 is 16.1 Å². The summed E-state index contributed by atoms with van der Waals surface area (Å²) in [4.78, 5) is 19.2. The minimum atomic E-state index is -3.63. The summed E-state index contributed by atoms with van der Waals surface area (Å²) < 4.78 is 27.7. The lowest BCUT2D eigenvalue weighted by atomic mass is 9.69. The Hall–Kier alpha value is -1.44. The number of nitrogens with one attached hydrogen (secondary N) is 1. The first-order valence-electron chi connectivity index (χ1n) is 11.1. The highest BCUT2D eigenvalue weighted by molar-refractivity contribution is 7.90. The Kier molecular flexibility index (Phi) is 5.52. The largest absolute Gasteiger partial charge is 0.296 e. The predicted octanol–water partition coefficient (Wildman–Crippen LogP) is 3.49. The fourth-order valence-corrected chi connectivity index (χ4v) is 8.78. The number of carbonyl (C=O) groups excluding carboxylic acids is 1. The number of fused-ring (bicyclic) bond motifs is 1.